The summed E-state index contributed by atoms with van der Waals surface area (Å²) in [7, 11) is 1.81. The highest BCUT2D eigenvalue weighted by Crippen LogP contribution is 2.16. The Morgan fingerprint density at radius 3 is 2.94 bits per heavy atom. The summed E-state index contributed by atoms with van der Waals surface area (Å²) >= 11 is 0. The first-order valence-electron chi connectivity index (χ1n) is 5.79. The second kappa shape index (κ2) is 5.07. The maximum Gasteiger partial charge on any atom is 0.317 e. The lowest BCUT2D eigenvalue weighted by Crippen LogP contribution is -2.38. The van der Waals surface area contributed by atoms with Crippen LogP contribution in [0.2, 0.25) is 0 Å². The first-order chi connectivity index (χ1) is 8.56. The van der Waals surface area contributed by atoms with Crippen molar-refractivity contribution in [3.63, 3.8) is 0 Å². The second-order valence-electron chi connectivity index (χ2n) is 4.45. The van der Waals surface area contributed by atoms with Gasteiger partial charge in [-0.05, 0) is 6.42 Å². The molecule has 18 heavy (non-hydrogen) atoms. The molecular weight excluding hydrogens is 236 g/mol. The molecule has 1 aliphatic heterocycles. The Balaban J connectivity index is 1.80. The monoisotopic (exact) mass is 252 g/mol. The van der Waals surface area contributed by atoms with E-state index < -0.39 is 11.9 Å². The van der Waals surface area contributed by atoms with Gasteiger partial charge in [0.25, 0.3) is 0 Å². The van der Waals surface area contributed by atoms with E-state index in [0.717, 1.165) is 5.56 Å². The molecular formula is C11H16N4O3. The van der Waals surface area contributed by atoms with E-state index in [9.17, 15) is 9.59 Å². The molecule has 1 unspecified atom stereocenters. The molecule has 2 N–H and O–H groups in total. The van der Waals surface area contributed by atoms with Crippen molar-refractivity contribution in [1.29, 1.82) is 0 Å². The average Bonchev–Trinajstić information content (AvgIpc) is 2.94. The fourth-order valence-electron chi connectivity index (χ4n) is 2.00. The molecule has 98 valence electrons. The van der Waals surface area contributed by atoms with Crippen molar-refractivity contribution < 1.29 is 14.7 Å². The summed E-state index contributed by atoms with van der Waals surface area (Å²) in [5.41, 5.74) is 0.917. The number of likely N-dealkylation sites (tertiary alicyclic amines) is 1. The molecule has 2 heterocycles. The number of hydrogen-bond acceptors (Lipinski definition) is 3. The molecule has 1 aliphatic rings. The van der Waals surface area contributed by atoms with E-state index in [0.29, 0.717) is 19.5 Å². The molecule has 2 rings (SSSR count). The largest absolute Gasteiger partial charge is 0.481 e. The maximum atomic E-state index is 11.8. The lowest BCUT2D eigenvalue weighted by Gasteiger charge is -2.16. The Kier molecular flexibility index (Phi) is 3.50. The molecule has 0 saturated carbocycles. The number of carboxylic acid groups (broad SMARTS) is 1. The Bertz CT molecular complexity index is 457. The summed E-state index contributed by atoms with van der Waals surface area (Å²) < 4.78 is 1.66. The van der Waals surface area contributed by atoms with E-state index in [1.807, 2.05) is 13.2 Å². The lowest BCUT2D eigenvalue weighted by molar-refractivity contribution is -0.141. The van der Waals surface area contributed by atoms with Crippen LogP contribution >= 0.6 is 0 Å². The smallest absolute Gasteiger partial charge is 0.317 e. The number of nitrogens with one attached hydrogen (secondary N) is 1. The standard InChI is InChI=1S/C11H16N4O3/c1-14-6-8(5-13-14)4-12-11(18)15-3-2-9(7-15)10(16)17/h5-6,9H,2-4,7H2,1H3,(H,12,18)(H,16,17). The third-order valence-electron chi connectivity index (χ3n) is 3.03. The third-order valence-corrected chi connectivity index (χ3v) is 3.03. The minimum Gasteiger partial charge on any atom is -0.481 e. The van der Waals surface area contributed by atoms with E-state index in [4.69, 9.17) is 5.11 Å². The summed E-state index contributed by atoms with van der Waals surface area (Å²) in [5.74, 6) is -1.27. The molecule has 0 bridgehead atoms. The second-order valence-corrected chi connectivity index (χ2v) is 4.45. The number of aliphatic carboxylic acids is 1. The molecule has 2 amide bonds. The van der Waals surface area contributed by atoms with E-state index in [-0.39, 0.29) is 12.6 Å². The summed E-state index contributed by atoms with van der Waals surface area (Å²) in [4.78, 5) is 24.1. The Hall–Kier alpha value is -2.05. The summed E-state index contributed by atoms with van der Waals surface area (Å²) in [5, 5.41) is 15.6. The number of carboxylic acids is 1. The van der Waals surface area contributed by atoms with Crippen molar-refractivity contribution in [2.24, 2.45) is 13.0 Å². The van der Waals surface area contributed by atoms with Crippen LogP contribution in [-0.4, -0.2) is 44.9 Å². The predicted octanol–water partition coefficient (Wildman–Crippen LogP) is 0.0362. The van der Waals surface area contributed by atoms with Crippen molar-refractivity contribution in [2.45, 2.75) is 13.0 Å². The number of aryl methyl sites for hydroxylation is 1. The first kappa shape index (κ1) is 12.4. The fourth-order valence-corrected chi connectivity index (χ4v) is 2.00. The van der Waals surface area contributed by atoms with Gasteiger partial charge in [-0.3, -0.25) is 9.48 Å². The molecule has 1 aromatic heterocycles. The molecule has 0 aliphatic carbocycles. The fraction of sp³-hybridized carbons (Fsp3) is 0.545. The van der Waals surface area contributed by atoms with Gasteiger partial charge < -0.3 is 15.3 Å². The molecule has 0 spiro atoms. The number of aromatic nitrogens is 2. The Morgan fingerprint density at radius 2 is 2.39 bits per heavy atom. The topological polar surface area (TPSA) is 87.5 Å². The van der Waals surface area contributed by atoms with Crippen molar-refractivity contribution in [2.75, 3.05) is 13.1 Å². The average molecular weight is 252 g/mol. The van der Waals surface area contributed by atoms with Crippen LogP contribution in [0.25, 0.3) is 0 Å². The lowest BCUT2D eigenvalue weighted by atomic mass is 10.1. The van der Waals surface area contributed by atoms with Gasteiger partial charge in [-0.15, -0.1) is 0 Å². The van der Waals surface area contributed by atoms with Crippen molar-refractivity contribution in [3.8, 4) is 0 Å². The molecule has 0 aromatic carbocycles. The van der Waals surface area contributed by atoms with Gasteiger partial charge >= 0.3 is 12.0 Å². The number of carbonyl (C=O) groups excluding carboxylic acids is 1. The Labute approximate surface area is 104 Å². The van der Waals surface area contributed by atoms with Gasteiger partial charge in [-0.2, -0.15) is 5.10 Å². The number of urea groups is 1. The number of hydrogen-bond donors (Lipinski definition) is 2. The van der Waals surface area contributed by atoms with Gasteiger partial charge in [0.2, 0.25) is 0 Å². The van der Waals surface area contributed by atoms with Crippen molar-refractivity contribution in [1.82, 2.24) is 20.0 Å². The Morgan fingerprint density at radius 1 is 1.61 bits per heavy atom. The van der Waals surface area contributed by atoms with Crippen LogP contribution < -0.4 is 5.32 Å². The van der Waals surface area contributed by atoms with E-state index >= 15 is 0 Å². The summed E-state index contributed by atoms with van der Waals surface area (Å²) in [6.07, 6.45) is 4.03. The normalized spacial score (nSPS) is 18.9. The number of carbonyl (C=O) groups is 2. The van der Waals surface area contributed by atoms with Gasteiger partial charge in [0.15, 0.2) is 0 Å². The molecule has 1 aromatic rings. The van der Waals surface area contributed by atoms with Crippen LogP contribution in [0.1, 0.15) is 12.0 Å². The van der Waals surface area contributed by atoms with Gasteiger partial charge in [0.05, 0.1) is 12.1 Å². The summed E-state index contributed by atoms with van der Waals surface area (Å²) in [6.45, 7) is 1.19. The van der Waals surface area contributed by atoms with E-state index in [1.54, 1.807) is 10.9 Å². The van der Waals surface area contributed by atoms with Crippen LogP contribution in [0.5, 0.6) is 0 Å². The molecule has 1 saturated heterocycles. The highest BCUT2D eigenvalue weighted by molar-refractivity contribution is 5.77. The zero-order valence-electron chi connectivity index (χ0n) is 10.2. The minimum absolute atomic E-state index is 0.220. The van der Waals surface area contributed by atoms with E-state index in [1.165, 1.54) is 4.90 Å². The van der Waals surface area contributed by atoms with Crippen LogP contribution in [0, 0.1) is 5.92 Å². The van der Waals surface area contributed by atoms with Crippen molar-refractivity contribution >= 4 is 12.0 Å². The molecule has 7 nitrogen and oxygen atoms in total. The van der Waals surface area contributed by atoms with Gasteiger partial charge in [-0.1, -0.05) is 0 Å². The van der Waals surface area contributed by atoms with Crippen LogP contribution in [0.4, 0.5) is 4.79 Å². The van der Waals surface area contributed by atoms with Crippen molar-refractivity contribution in [3.05, 3.63) is 18.0 Å². The van der Waals surface area contributed by atoms with Crippen LogP contribution in [0.15, 0.2) is 12.4 Å². The number of rotatable bonds is 3. The molecule has 0 radical (unpaired) electrons. The summed E-state index contributed by atoms with van der Waals surface area (Å²) in [6, 6.07) is -0.220. The van der Waals surface area contributed by atoms with Gasteiger partial charge in [0, 0.05) is 38.4 Å². The quantitative estimate of drug-likeness (QED) is 0.795. The number of amides is 2. The highest BCUT2D eigenvalue weighted by atomic mass is 16.4. The maximum absolute atomic E-state index is 11.8. The zero-order valence-corrected chi connectivity index (χ0v) is 10.2. The zero-order chi connectivity index (χ0) is 13.1. The molecule has 7 heteroatoms. The predicted molar refractivity (Wildman–Crippen MR) is 62.8 cm³/mol. The number of nitrogens with zero attached hydrogens (tertiary/aromatic N) is 3. The highest BCUT2D eigenvalue weighted by Gasteiger charge is 2.30. The van der Waals surface area contributed by atoms with Crippen LogP contribution in [0.3, 0.4) is 0 Å². The van der Waals surface area contributed by atoms with E-state index in [2.05, 4.69) is 10.4 Å². The first-order valence-corrected chi connectivity index (χ1v) is 5.79. The molecule has 1 fully saturated rings. The minimum atomic E-state index is -0.836. The van der Waals surface area contributed by atoms with Gasteiger partial charge in [0.1, 0.15) is 0 Å². The van der Waals surface area contributed by atoms with Crippen LogP contribution in [-0.2, 0) is 18.4 Å². The van der Waals surface area contributed by atoms with Gasteiger partial charge in [-0.25, -0.2) is 4.79 Å². The third kappa shape index (κ3) is 2.79. The SMILES string of the molecule is Cn1cc(CNC(=O)N2CCC(C(=O)O)C2)cn1. The molecule has 1 atom stereocenters.